The lowest BCUT2D eigenvalue weighted by Crippen LogP contribution is -2.45. The van der Waals surface area contributed by atoms with Crippen LogP contribution in [-0.4, -0.2) is 34.9 Å². The van der Waals surface area contributed by atoms with E-state index in [0.29, 0.717) is 12.8 Å². The molecule has 0 saturated carbocycles. The molecule has 4 nitrogen and oxygen atoms in total. The highest BCUT2D eigenvalue weighted by Gasteiger charge is 2.20. The molecule has 0 saturated heterocycles. The van der Waals surface area contributed by atoms with Crippen molar-refractivity contribution in [1.29, 1.82) is 0 Å². The van der Waals surface area contributed by atoms with Gasteiger partial charge in [0, 0.05) is 6.42 Å². The molecule has 0 aliphatic heterocycles. The van der Waals surface area contributed by atoms with Crippen LogP contribution >= 0.6 is 0 Å². The average Bonchev–Trinajstić information content (AvgIpc) is 3.28. The van der Waals surface area contributed by atoms with Crippen LogP contribution < -0.4 is 5.32 Å². The van der Waals surface area contributed by atoms with Crippen LogP contribution in [0.3, 0.4) is 0 Å². The van der Waals surface area contributed by atoms with Gasteiger partial charge < -0.3 is 15.5 Å². The number of rotatable bonds is 47. The third kappa shape index (κ3) is 48.3. The number of aliphatic hydroxyl groups is 2. The van der Waals surface area contributed by atoms with Gasteiger partial charge in [-0.25, -0.2) is 0 Å². The molecule has 3 N–H and O–H groups in total. The first-order valence-corrected chi connectivity index (χ1v) is 26.4. The summed E-state index contributed by atoms with van der Waals surface area (Å²) in [5, 5.41) is 23.1. The Kier molecular flexibility index (Phi) is 50.4. The summed E-state index contributed by atoms with van der Waals surface area (Å²) in [5.74, 6) is -0.0357. The number of hydrogen-bond acceptors (Lipinski definition) is 3. The monoisotopic (exact) mass is 860 g/mol. The molecule has 1 amide bonds. The van der Waals surface area contributed by atoms with E-state index in [2.05, 4.69) is 116 Å². The van der Waals surface area contributed by atoms with E-state index < -0.39 is 12.1 Å². The van der Waals surface area contributed by atoms with Gasteiger partial charge in [-0.3, -0.25) is 4.79 Å². The minimum absolute atomic E-state index is 0.0357. The first kappa shape index (κ1) is 59.3. The Labute approximate surface area is 385 Å². The molecule has 2 unspecified atom stereocenters. The second-order valence-corrected chi connectivity index (χ2v) is 17.6. The first-order chi connectivity index (χ1) is 30.7. The summed E-state index contributed by atoms with van der Waals surface area (Å²) in [6, 6.07) is -0.537. The van der Waals surface area contributed by atoms with Gasteiger partial charge in [0.05, 0.1) is 18.8 Å². The van der Waals surface area contributed by atoms with Crippen molar-refractivity contribution in [2.45, 2.75) is 257 Å². The van der Waals surface area contributed by atoms with Crippen molar-refractivity contribution in [2.24, 2.45) is 0 Å². The van der Waals surface area contributed by atoms with Gasteiger partial charge in [0.15, 0.2) is 0 Å². The number of aliphatic hydroxyl groups excluding tert-OH is 2. The van der Waals surface area contributed by atoms with Gasteiger partial charge >= 0.3 is 0 Å². The lowest BCUT2D eigenvalue weighted by molar-refractivity contribution is -0.123. The topological polar surface area (TPSA) is 69.6 Å². The zero-order valence-corrected chi connectivity index (χ0v) is 40.9. The van der Waals surface area contributed by atoms with E-state index >= 15 is 0 Å². The molecule has 0 spiro atoms. The molecular formula is C58H101NO3. The Morgan fingerprint density at radius 3 is 1.06 bits per heavy atom. The van der Waals surface area contributed by atoms with E-state index in [-0.39, 0.29) is 12.5 Å². The van der Waals surface area contributed by atoms with Crippen LogP contribution in [0.2, 0.25) is 0 Å². The number of allylic oxidation sites excluding steroid dienone is 16. The molecule has 0 aromatic carbocycles. The van der Waals surface area contributed by atoms with E-state index in [9.17, 15) is 15.0 Å². The van der Waals surface area contributed by atoms with Gasteiger partial charge in [-0.2, -0.15) is 0 Å². The predicted molar refractivity (Wildman–Crippen MR) is 276 cm³/mol. The Balaban J connectivity index is 3.48. The first-order valence-electron chi connectivity index (χ1n) is 26.4. The summed E-state index contributed by atoms with van der Waals surface area (Å²) in [6.45, 7) is 4.22. The molecule has 0 aromatic rings. The SMILES string of the molecule is CC/C=C\C/C=C\C/C=C\C/C=C\C/C=C\C/C=C\C/C=C\C/C=C\CCCCCCCCCCCCCCCCCCC(=O)NC(CO)C(O)CCCCCCCCCCC. The fourth-order valence-electron chi connectivity index (χ4n) is 7.61. The maximum absolute atomic E-state index is 12.4. The summed E-state index contributed by atoms with van der Waals surface area (Å²) in [4.78, 5) is 12.4. The Morgan fingerprint density at radius 2 is 0.710 bits per heavy atom. The van der Waals surface area contributed by atoms with Crippen molar-refractivity contribution in [3.63, 3.8) is 0 Å². The van der Waals surface area contributed by atoms with Gasteiger partial charge in [-0.15, -0.1) is 0 Å². The number of amides is 1. The van der Waals surface area contributed by atoms with E-state index in [1.807, 2.05) is 0 Å². The number of hydrogen-bond donors (Lipinski definition) is 3. The van der Waals surface area contributed by atoms with E-state index in [1.54, 1.807) is 0 Å². The molecule has 0 bridgehead atoms. The van der Waals surface area contributed by atoms with Gasteiger partial charge in [0.25, 0.3) is 0 Å². The van der Waals surface area contributed by atoms with Crippen molar-refractivity contribution < 1.29 is 15.0 Å². The normalized spacial score (nSPS) is 13.7. The van der Waals surface area contributed by atoms with Crippen LogP contribution in [0.5, 0.6) is 0 Å². The van der Waals surface area contributed by atoms with Crippen LogP contribution in [0.1, 0.15) is 245 Å². The van der Waals surface area contributed by atoms with Crippen molar-refractivity contribution in [1.82, 2.24) is 5.32 Å². The fraction of sp³-hybridized carbons (Fsp3) is 0.707. The summed E-state index contributed by atoms with van der Waals surface area (Å²) in [5.41, 5.74) is 0. The van der Waals surface area contributed by atoms with E-state index in [1.165, 1.54) is 141 Å². The molecular weight excluding hydrogens is 759 g/mol. The standard InChI is InChI=1S/C58H101NO3/c1-3-5-7-9-11-13-14-15-16-17-18-19-20-21-22-23-24-25-26-27-28-29-30-31-32-33-34-35-36-37-38-39-40-41-42-43-44-46-48-50-52-54-58(62)59-56(55-60)57(61)53-51-49-47-45-12-10-8-6-4-2/h5,7,11,13,15-16,18-19,21-22,24-25,27-28,30-31,56-57,60-61H,3-4,6,8-10,12,14,17,20,23,26,29,32-55H2,1-2H3,(H,59,62)/b7-5-,13-11-,16-15-,19-18-,22-21-,25-24-,28-27-,31-30-. The molecule has 2 atom stereocenters. The lowest BCUT2D eigenvalue weighted by atomic mass is 10.0. The Hall–Kier alpha value is -2.69. The molecule has 0 rings (SSSR count). The third-order valence-electron chi connectivity index (χ3n) is 11.6. The molecule has 0 aliphatic rings. The highest BCUT2D eigenvalue weighted by atomic mass is 16.3. The van der Waals surface area contributed by atoms with Crippen molar-refractivity contribution in [3.05, 3.63) is 97.2 Å². The van der Waals surface area contributed by atoms with Crippen LogP contribution in [0, 0.1) is 0 Å². The molecule has 0 aromatic heterocycles. The van der Waals surface area contributed by atoms with Gasteiger partial charge in [-0.05, 0) is 77.0 Å². The second-order valence-electron chi connectivity index (χ2n) is 17.6. The summed E-state index contributed by atoms with van der Waals surface area (Å²) in [6.07, 6.45) is 78.2. The summed E-state index contributed by atoms with van der Waals surface area (Å²) < 4.78 is 0. The zero-order valence-electron chi connectivity index (χ0n) is 40.9. The zero-order chi connectivity index (χ0) is 44.9. The number of nitrogens with one attached hydrogen (secondary N) is 1. The molecule has 356 valence electrons. The van der Waals surface area contributed by atoms with Crippen LogP contribution in [-0.2, 0) is 4.79 Å². The summed E-state index contributed by atoms with van der Waals surface area (Å²) in [7, 11) is 0. The quantitative estimate of drug-likeness (QED) is 0.0422. The molecule has 62 heavy (non-hydrogen) atoms. The Morgan fingerprint density at radius 1 is 0.403 bits per heavy atom. The van der Waals surface area contributed by atoms with E-state index in [4.69, 9.17) is 0 Å². The smallest absolute Gasteiger partial charge is 0.220 e. The van der Waals surface area contributed by atoms with Crippen molar-refractivity contribution >= 4 is 5.91 Å². The highest BCUT2D eigenvalue weighted by molar-refractivity contribution is 5.76. The summed E-state index contributed by atoms with van der Waals surface area (Å²) >= 11 is 0. The number of unbranched alkanes of at least 4 members (excludes halogenated alkanes) is 24. The highest BCUT2D eigenvalue weighted by Crippen LogP contribution is 2.16. The van der Waals surface area contributed by atoms with Crippen molar-refractivity contribution in [2.75, 3.05) is 6.61 Å². The molecule has 0 radical (unpaired) electrons. The number of carbonyl (C=O) groups excluding carboxylic acids is 1. The van der Waals surface area contributed by atoms with Crippen LogP contribution in [0.4, 0.5) is 0 Å². The van der Waals surface area contributed by atoms with Crippen LogP contribution in [0.15, 0.2) is 97.2 Å². The lowest BCUT2D eigenvalue weighted by Gasteiger charge is -2.22. The molecule has 0 aliphatic carbocycles. The molecule has 0 heterocycles. The maximum Gasteiger partial charge on any atom is 0.220 e. The van der Waals surface area contributed by atoms with Gasteiger partial charge in [0.2, 0.25) is 5.91 Å². The largest absolute Gasteiger partial charge is 0.394 e. The average molecular weight is 860 g/mol. The minimum Gasteiger partial charge on any atom is -0.394 e. The minimum atomic E-state index is -0.660. The van der Waals surface area contributed by atoms with Gasteiger partial charge in [-0.1, -0.05) is 259 Å². The van der Waals surface area contributed by atoms with Crippen LogP contribution in [0.25, 0.3) is 0 Å². The van der Waals surface area contributed by atoms with E-state index in [0.717, 1.165) is 77.0 Å². The maximum atomic E-state index is 12.4. The second kappa shape index (κ2) is 52.7. The molecule has 4 heteroatoms. The molecule has 0 fully saturated rings. The fourth-order valence-corrected chi connectivity index (χ4v) is 7.61. The van der Waals surface area contributed by atoms with Gasteiger partial charge in [0.1, 0.15) is 0 Å². The predicted octanol–water partition coefficient (Wildman–Crippen LogP) is 17.4. The Bertz CT molecular complexity index is 1160. The number of carbonyl (C=O) groups is 1. The third-order valence-corrected chi connectivity index (χ3v) is 11.6. The van der Waals surface area contributed by atoms with Crippen molar-refractivity contribution in [3.8, 4) is 0 Å².